The Morgan fingerprint density at radius 3 is 2.92 bits per heavy atom. The standard InChI is InChI=1S/C9H14N2O2/c10-9(12)5-3-1-2-4-8-6-7-13-11-8/h6-7H,1-5H2,(H2,10,12). The number of unbranched alkanes of at least 4 members (excludes halogenated alkanes) is 2. The quantitative estimate of drug-likeness (QED) is 0.673. The Bertz CT molecular complexity index is 244. The molecule has 0 atom stereocenters. The summed E-state index contributed by atoms with van der Waals surface area (Å²) in [5, 5.41) is 3.78. The molecular formula is C9H14N2O2. The van der Waals surface area contributed by atoms with E-state index in [9.17, 15) is 4.79 Å². The highest BCUT2D eigenvalue weighted by Crippen LogP contribution is 2.05. The van der Waals surface area contributed by atoms with Gasteiger partial charge in [-0.25, -0.2) is 0 Å². The van der Waals surface area contributed by atoms with E-state index < -0.39 is 0 Å². The number of primary amides is 1. The minimum Gasteiger partial charge on any atom is -0.370 e. The first-order chi connectivity index (χ1) is 6.29. The van der Waals surface area contributed by atoms with Crippen molar-refractivity contribution in [1.29, 1.82) is 0 Å². The third kappa shape index (κ3) is 4.30. The fraction of sp³-hybridized carbons (Fsp3) is 0.556. The molecule has 72 valence electrons. The lowest BCUT2D eigenvalue weighted by atomic mass is 10.1. The maximum Gasteiger partial charge on any atom is 0.217 e. The smallest absolute Gasteiger partial charge is 0.217 e. The van der Waals surface area contributed by atoms with Gasteiger partial charge in [0.1, 0.15) is 6.26 Å². The van der Waals surface area contributed by atoms with Gasteiger partial charge in [-0.3, -0.25) is 4.79 Å². The van der Waals surface area contributed by atoms with Crippen LogP contribution in [0, 0.1) is 0 Å². The average Bonchev–Trinajstić information content (AvgIpc) is 2.55. The van der Waals surface area contributed by atoms with Gasteiger partial charge in [0.15, 0.2) is 0 Å². The number of aromatic nitrogens is 1. The summed E-state index contributed by atoms with van der Waals surface area (Å²) >= 11 is 0. The van der Waals surface area contributed by atoms with Crippen molar-refractivity contribution in [1.82, 2.24) is 5.16 Å². The molecule has 0 aliphatic carbocycles. The summed E-state index contributed by atoms with van der Waals surface area (Å²) in [7, 11) is 0. The largest absolute Gasteiger partial charge is 0.370 e. The first kappa shape index (κ1) is 9.77. The molecule has 1 rings (SSSR count). The second kappa shape index (κ2) is 5.35. The van der Waals surface area contributed by atoms with E-state index >= 15 is 0 Å². The lowest BCUT2D eigenvalue weighted by molar-refractivity contribution is -0.118. The summed E-state index contributed by atoms with van der Waals surface area (Å²) in [6, 6.07) is 1.86. The van der Waals surface area contributed by atoms with Crippen LogP contribution in [0.5, 0.6) is 0 Å². The topological polar surface area (TPSA) is 69.1 Å². The molecule has 0 saturated heterocycles. The van der Waals surface area contributed by atoms with Crippen LogP contribution in [0.25, 0.3) is 0 Å². The van der Waals surface area contributed by atoms with Gasteiger partial charge >= 0.3 is 0 Å². The predicted octanol–water partition coefficient (Wildman–Crippen LogP) is 1.26. The van der Waals surface area contributed by atoms with E-state index in [1.165, 1.54) is 0 Å². The van der Waals surface area contributed by atoms with Crippen molar-refractivity contribution in [3.05, 3.63) is 18.0 Å². The number of aryl methyl sites for hydroxylation is 1. The summed E-state index contributed by atoms with van der Waals surface area (Å²) < 4.78 is 4.69. The molecule has 1 aromatic heterocycles. The molecule has 1 aromatic rings. The van der Waals surface area contributed by atoms with Crippen molar-refractivity contribution in [2.75, 3.05) is 0 Å². The van der Waals surface area contributed by atoms with Crippen molar-refractivity contribution in [2.45, 2.75) is 32.1 Å². The van der Waals surface area contributed by atoms with Crippen molar-refractivity contribution in [3.63, 3.8) is 0 Å². The van der Waals surface area contributed by atoms with Gasteiger partial charge in [0.25, 0.3) is 0 Å². The second-order valence-electron chi connectivity index (χ2n) is 3.02. The second-order valence-corrected chi connectivity index (χ2v) is 3.02. The van der Waals surface area contributed by atoms with Crippen LogP contribution < -0.4 is 5.73 Å². The predicted molar refractivity (Wildman–Crippen MR) is 47.9 cm³/mol. The van der Waals surface area contributed by atoms with Crippen molar-refractivity contribution in [3.8, 4) is 0 Å². The molecule has 4 nitrogen and oxygen atoms in total. The Morgan fingerprint density at radius 1 is 1.46 bits per heavy atom. The van der Waals surface area contributed by atoms with Gasteiger partial charge < -0.3 is 10.3 Å². The average molecular weight is 182 g/mol. The Kier molecular flexibility index (Phi) is 4.02. The van der Waals surface area contributed by atoms with Gasteiger partial charge in [-0.05, 0) is 19.3 Å². The highest BCUT2D eigenvalue weighted by molar-refractivity contribution is 5.73. The molecule has 0 fully saturated rings. The van der Waals surface area contributed by atoms with E-state index in [2.05, 4.69) is 9.68 Å². The summed E-state index contributed by atoms with van der Waals surface area (Å²) in [5.41, 5.74) is 5.97. The van der Waals surface area contributed by atoms with Crippen molar-refractivity contribution in [2.24, 2.45) is 5.73 Å². The van der Waals surface area contributed by atoms with Crippen LogP contribution in [0.4, 0.5) is 0 Å². The molecule has 0 radical (unpaired) electrons. The monoisotopic (exact) mass is 182 g/mol. The Morgan fingerprint density at radius 2 is 2.31 bits per heavy atom. The van der Waals surface area contributed by atoms with E-state index in [0.717, 1.165) is 31.4 Å². The molecule has 0 aromatic carbocycles. The molecule has 1 amide bonds. The van der Waals surface area contributed by atoms with Crippen LogP contribution in [-0.4, -0.2) is 11.1 Å². The number of amides is 1. The summed E-state index contributed by atoms with van der Waals surface area (Å²) in [4.78, 5) is 10.4. The minimum absolute atomic E-state index is 0.221. The molecular weight excluding hydrogens is 168 g/mol. The number of carbonyl (C=O) groups is 1. The van der Waals surface area contributed by atoms with E-state index in [1.54, 1.807) is 6.26 Å². The molecule has 2 N–H and O–H groups in total. The van der Waals surface area contributed by atoms with Crippen LogP contribution in [0.1, 0.15) is 31.4 Å². The van der Waals surface area contributed by atoms with Crippen LogP contribution in [0.2, 0.25) is 0 Å². The number of nitrogens with zero attached hydrogens (tertiary/aromatic N) is 1. The minimum atomic E-state index is -0.221. The molecule has 0 saturated carbocycles. The Hall–Kier alpha value is -1.32. The maximum atomic E-state index is 10.4. The number of nitrogens with two attached hydrogens (primary N) is 1. The van der Waals surface area contributed by atoms with Crippen molar-refractivity contribution >= 4 is 5.91 Å². The summed E-state index contributed by atoms with van der Waals surface area (Å²) in [6.45, 7) is 0. The molecule has 1 heterocycles. The third-order valence-corrected chi connectivity index (χ3v) is 1.85. The van der Waals surface area contributed by atoms with Crippen LogP contribution in [0.15, 0.2) is 16.9 Å². The number of hydrogen-bond acceptors (Lipinski definition) is 3. The fourth-order valence-electron chi connectivity index (χ4n) is 1.15. The van der Waals surface area contributed by atoms with Gasteiger partial charge in [0, 0.05) is 12.5 Å². The zero-order valence-electron chi connectivity index (χ0n) is 7.53. The van der Waals surface area contributed by atoms with E-state index in [-0.39, 0.29) is 5.91 Å². The Labute approximate surface area is 77.1 Å². The zero-order valence-corrected chi connectivity index (χ0v) is 7.53. The third-order valence-electron chi connectivity index (χ3n) is 1.85. The fourth-order valence-corrected chi connectivity index (χ4v) is 1.15. The molecule has 4 heteroatoms. The van der Waals surface area contributed by atoms with Gasteiger partial charge in [0.05, 0.1) is 5.69 Å². The first-order valence-corrected chi connectivity index (χ1v) is 4.46. The lowest BCUT2D eigenvalue weighted by Gasteiger charge is -1.96. The van der Waals surface area contributed by atoms with Crippen LogP contribution in [0.3, 0.4) is 0 Å². The molecule has 13 heavy (non-hydrogen) atoms. The maximum absolute atomic E-state index is 10.4. The molecule has 0 unspecified atom stereocenters. The normalized spacial score (nSPS) is 10.2. The van der Waals surface area contributed by atoms with Gasteiger partial charge in [-0.15, -0.1) is 0 Å². The van der Waals surface area contributed by atoms with Gasteiger partial charge in [-0.1, -0.05) is 11.6 Å². The molecule has 0 bridgehead atoms. The van der Waals surface area contributed by atoms with E-state index in [1.807, 2.05) is 6.07 Å². The number of rotatable bonds is 6. The van der Waals surface area contributed by atoms with Crippen LogP contribution in [-0.2, 0) is 11.2 Å². The molecule has 0 aliphatic rings. The zero-order chi connectivity index (χ0) is 9.52. The first-order valence-electron chi connectivity index (χ1n) is 4.46. The summed E-state index contributed by atoms with van der Waals surface area (Å²) in [5.74, 6) is -0.221. The van der Waals surface area contributed by atoms with Gasteiger partial charge in [-0.2, -0.15) is 0 Å². The van der Waals surface area contributed by atoms with Crippen LogP contribution >= 0.6 is 0 Å². The van der Waals surface area contributed by atoms with E-state index in [4.69, 9.17) is 5.73 Å². The number of hydrogen-bond donors (Lipinski definition) is 1. The number of carbonyl (C=O) groups excluding carboxylic acids is 1. The van der Waals surface area contributed by atoms with E-state index in [0.29, 0.717) is 6.42 Å². The lowest BCUT2D eigenvalue weighted by Crippen LogP contribution is -2.09. The van der Waals surface area contributed by atoms with Gasteiger partial charge in [0.2, 0.25) is 5.91 Å². The van der Waals surface area contributed by atoms with Crippen molar-refractivity contribution < 1.29 is 9.32 Å². The Balaban J connectivity index is 1.99. The highest BCUT2D eigenvalue weighted by atomic mass is 16.5. The summed E-state index contributed by atoms with van der Waals surface area (Å²) in [6.07, 6.45) is 5.87. The molecule has 0 aliphatic heterocycles. The SMILES string of the molecule is NC(=O)CCCCCc1ccon1. The molecule has 0 spiro atoms. The highest BCUT2D eigenvalue weighted by Gasteiger charge is 1.97.